The Morgan fingerprint density at radius 3 is 2.41 bits per heavy atom. The van der Waals surface area contributed by atoms with Crippen molar-refractivity contribution < 1.29 is 0 Å². The molecule has 92 valence electrons. The summed E-state index contributed by atoms with van der Waals surface area (Å²) < 4.78 is 0. The van der Waals surface area contributed by atoms with Crippen molar-refractivity contribution in [2.24, 2.45) is 0 Å². The molecule has 17 heavy (non-hydrogen) atoms. The van der Waals surface area contributed by atoms with Crippen LogP contribution >= 0.6 is 0 Å². The van der Waals surface area contributed by atoms with E-state index in [9.17, 15) is 0 Å². The zero-order valence-corrected chi connectivity index (χ0v) is 11.7. The van der Waals surface area contributed by atoms with Crippen LogP contribution in [-0.2, 0) is 11.8 Å². The summed E-state index contributed by atoms with van der Waals surface area (Å²) in [5.41, 5.74) is 5.72. The number of allylic oxidation sites excluding steroid dienone is 1. The van der Waals surface area contributed by atoms with Crippen LogP contribution in [-0.4, -0.2) is 6.04 Å². The predicted molar refractivity (Wildman–Crippen MR) is 75.6 cm³/mol. The average molecular weight is 229 g/mol. The average Bonchev–Trinajstić information content (AvgIpc) is 2.51. The molecule has 0 aliphatic carbocycles. The highest BCUT2D eigenvalue weighted by Gasteiger charge is 2.29. The minimum atomic E-state index is 0.207. The Morgan fingerprint density at radius 1 is 1.24 bits per heavy atom. The van der Waals surface area contributed by atoms with Crippen molar-refractivity contribution in [3.8, 4) is 0 Å². The van der Waals surface area contributed by atoms with E-state index < -0.39 is 0 Å². The van der Waals surface area contributed by atoms with Crippen molar-refractivity contribution in [1.29, 1.82) is 0 Å². The van der Waals surface area contributed by atoms with E-state index in [0.29, 0.717) is 6.04 Å². The van der Waals surface area contributed by atoms with Crippen LogP contribution in [0.4, 0.5) is 5.69 Å². The fourth-order valence-corrected chi connectivity index (χ4v) is 2.79. The second kappa shape index (κ2) is 3.90. The monoisotopic (exact) mass is 229 g/mol. The fourth-order valence-electron chi connectivity index (χ4n) is 2.79. The van der Waals surface area contributed by atoms with Gasteiger partial charge in [-0.1, -0.05) is 39.5 Å². The molecule has 0 amide bonds. The summed E-state index contributed by atoms with van der Waals surface area (Å²) >= 11 is 0. The number of hydrogen-bond donors (Lipinski definition) is 0. The Kier molecular flexibility index (Phi) is 2.81. The van der Waals surface area contributed by atoms with Gasteiger partial charge in [0.1, 0.15) is 0 Å². The molecule has 1 nitrogen and oxygen atoms in total. The van der Waals surface area contributed by atoms with Gasteiger partial charge < -0.3 is 4.90 Å². The van der Waals surface area contributed by atoms with E-state index in [0.717, 1.165) is 6.42 Å². The summed E-state index contributed by atoms with van der Waals surface area (Å²) in [7, 11) is 0. The van der Waals surface area contributed by atoms with Gasteiger partial charge in [-0.15, -0.1) is 0 Å². The molecule has 1 heterocycles. The predicted octanol–water partition coefficient (Wildman–Crippen LogP) is 4.27. The molecule has 0 spiro atoms. The number of nitrogens with zero attached hydrogens (tertiary/aromatic N) is 1. The quantitative estimate of drug-likeness (QED) is 0.695. The third-order valence-corrected chi connectivity index (χ3v) is 3.46. The van der Waals surface area contributed by atoms with Gasteiger partial charge in [-0.05, 0) is 36.5 Å². The van der Waals surface area contributed by atoms with Crippen LogP contribution in [0.15, 0.2) is 30.5 Å². The van der Waals surface area contributed by atoms with Gasteiger partial charge in [0.15, 0.2) is 0 Å². The van der Waals surface area contributed by atoms with Gasteiger partial charge in [0.05, 0.1) is 0 Å². The van der Waals surface area contributed by atoms with Gasteiger partial charge in [0.25, 0.3) is 0 Å². The maximum Gasteiger partial charge on any atom is 0.0450 e. The molecular formula is C16H23N. The smallest absolute Gasteiger partial charge is 0.0450 e. The van der Waals surface area contributed by atoms with Crippen LogP contribution in [0.5, 0.6) is 0 Å². The van der Waals surface area contributed by atoms with Gasteiger partial charge in [-0.25, -0.2) is 0 Å². The Labute approximate surface area is 105 Å². The molecule has 0 radical (unpaired) electrons. The lowest BCUT2D eigenvalue weighted by molar-refractivity contribution is 0.585. The highest BCUT2D eigenvalue weighted by Crippen LogP contribution is 2.40. The molecule has 0 bridgehead atoms. The maximum atomic E-state index is 4.22. The number of benzene rings is 1. The maximum absolute atomic E-state index is 4.22. The Balaban J connectivity index is 2.57. The standard InChI is InChI=1S/C16H23N/c1-11(2)17-12(3)10-13-14(16(4,5)6)8-7-9-15(13)17/h7-9,11H,3,10H2,1-2,4-6H3. The Bertz CT molecular complexity index is 449. The minimum absolute atomic E-state index is 0.207. The zero-order chi connectivity index (χ0) is 12.8. The second-order valence-corrected chi connectivity index (χ2v) is 6.26. The SMILES string of the molecule is C=C1Cc2c(cccc2C(C)(C)C)N1C(C)C. The fraction of sp³-hybridized carbons (Fsp3) is 0.500. The van der Waals surface area contributed by atoms with Crippen LogP contribution in [0.25, 0.3) is 0 Å². The topological polar surface area (TPSA) is 3.24 Å². The molecule has 0 atom stereocenters. The Morgan fingerprint density at radius 2 is 1.88 bits per heavy atom. The minimum Gasteiger partial charge on any atom is -0.343 e. The van der Waals surface area contributed by atoms with Crippen molar-refractivity contribution in [2.45, 2.75) is 52.5 Å². The first-order chi connectivity index (χ1) is 7.82. The van der Waals surface area contributed by atoms with Crippen LogP contribution in [0.3, 0.4) is 0 Å². The van der Waals surface area contributed by atoms with Crippen molar-refractivity contribution in [3.05, 3.63) is 41.6 Å². The van der Waals surface area contributed by atoms with Gasteiger partial charge in [0, 0.05) is 23.8 Å². The molecule has 0 unspecified atom stereocenters. The summed E-state index contributed by atoms with van der Waals surface area (Å²) in [6.45, 7) is 15.5. The molecule has 0 N–H and O–H groups in total. The van der Waals surface area contributed by atoms with E-state index in [4.69, 9.17) is 0 Å². The van der Waals surface area contributed by atoms with E-state index in [1.807, 2.05) is 0 Å². The number of anilines is 1. The highest BCUT2D eigenvalue weighted by atomic mass is 15.2. The summed E-state index contributed by atoms with van der Waals surface area (Å²) in [5.74, 6) is 0. The molecular weight excluding hydrogens is 206 g/mol. The van der Waals surface area contributed by atoms with Crippen LogP contribution in [0.2, 0.25) is 0 Å². The molecule has 1 aromatic carbocycles. The van der Waals surface area contributed by atoms with E-state index in [-0.39, 0.29) is 5.41 Å². The van der Waals surface area contributed by atoms with Gasteiger partial charge >= 0.3 is 0 Å². The Hall–Kier alpha value is -1.24. The second-order valence-electron chi connectivity index (χ2n) is 6.26. The van der Waals surface area contributed by atoms with E-state index >= 15 is 0 Å². The molecule has 1 aromatic rings. The van der Waals surface area contributed by atoms with Gasteiger partial charge in [-0.3, -0.25) is 0 Å². The lowest BCUT2D eigenvalue weighted by Gasteiger charge is -2.27. The molecule has 0 aromatic heterocycles. The zero-order valence-electron chi connectivity index (χ0n) is 11.7. The van der Waals surface area contributed by atoms with Crippen LogP contribution in [0.1, 0.15) is 45.7 Å². The van der Waals surface area contributed by atoms with Gasteiger partial charge in [-0.2, -0.15) is 0 Å². The molecule has 0 saturated heterocycles. The summed E-state index contributed by atoms with van der Waals surface area (Å²) in [6, 6.07) is 7.14. The summed E-state index contributed by atoms with van der Waals surface area (Å²) in [5, 5.41) is 0. The van der Waals surface area contributed by atoms with Crippen molar-refractivity contribution in [3.63, 3.8) is 0 Å². The lowest BCUT2D eigenvalue weighted by Crippen LogP contribution is -2.26. The number of rotatable bonds is 1. The number of fused-ring (bicyclic) bond motifs is 1. The first-order valence-corrected chi connectivity index (χ1v) is 6.41. The van der Waals surface area contributed by atoms with E-state index in [1.54, 1.807) is 0 Å². The van der Waals surface area contributed by atoms with Crippen molar-refractivity contribution in [1.82, 2.24) is 0 Å². The summed E-state index contributed by atoms with van der Waals surface area (Å²) in [6.07, 6.45) is 1.00. The summed E-state index contributed by atoms with van der Waals surface area (Å²) in [4.78, 5) is 2.37. The third-order valence-electron chi connectivity index (χ3n) is 3.46. The molecule has 0 saturated carbocycles. The molecule has 2 rings (SSSR count). The molecule has 1 heteroatoms. The molecule has 1 aliphatic heterocycles. The first kappa shape index (κ1) is 12.2. The van der Waals surface area contributed by atoms with Crippen LogP contribution < -0.4 is 4.90 Å². The molecule has 0 fully saturated rings. The number of hydrogen-bond acceptors (Lipinski definition) is 1. The van der Waals surface area contributed by atoms with Crippen LogP contribution in [0, 0.1) is 0 Å². The largest absolute Gasteiger partial charge is 0.343 e. The third kappa shape index (κ3) is 1.99. The van der Waals surface area contributed by atoms with E-state index in [1.165, 1.54) is 22.5 Å². The van der Waals surface area contributed by atoms with Gasteiger partial charge in [0.2, 0.25) is 0 Å². The first-order valence-electron chi connectivity index (χ1n) is 6.41. The highest BCUT2D eigenvalue weighted by molar-refractivity contribution is 5.68. The lowest BCUT2D eigenvalue weighted by atomic mass is 9.83. The normalized spacial score (nSPS) is 15.6. The van der Waals surface area contributed by atoms with Crippen molar-refractivity contribution >= 4 is 5.69 Å². The van der Waals surface area contributed by atoms with E-state index in [2.05, 4.69) is 64.3 Å². The molecule has 1 aliphatic rings. The van der Waals surface area contributed by atoms with Crippen molar-refractivity contribution in [2.75, 3.05) is 4.90 Å².